The van der Waals surface area contributed by atoms with Crippen molar-refractivity contribution in [1.82, 2.24) is 19.9 Å². The molecule has 39 heavy (non-hydrogen) atoms. The van der Waals surface area contributed by atoms with E-state index in [1.54, 1.807) is 4.90 Å². The van der Waals surface area contributed by atoms with E-state index in [0.717, 1.165) is 32.1 Å². The first kappa shape index (κ1) is 27.5. The van der Waals surface area contributed by atoms with Crippen LogP contribution in [0.15, 0.2) is 34.9 Å². The van der Waals surface area contributed by atoms with Crippen LogP contribution >= 0.6 is 0 Å². The highest BCUT2D eigenvalue weighted by Crippen LogP contribution is 2.52. The van der Waals surface area contributed by atoms with Crippen LogP contribution in [-0.2, 0) is 14.9 Å². The number of carbonyl (C=O) groups is 2. The normalized spacial score (nSPS) is 22.8. The SMILES string of the molecule is CC(C)(C)OC(=O)N1CCC(c2nc(C3(CN(C(=O)OC(C)(C)C)[C@H]4CC4c4ccccc4)CC3)no2)CC1. The molecule has 1 aromatic heterocycles. The number of rotatable bonds is 6. The second kappa shape index (κ2) is 10.1. The summed E-state index contributed by atoms with van der Waals surface area (Å²) in [6, 6.07) is 10.5. The molecule has 2 saturated carbocycles. The fraction of sp³-hybridized carbons (Fsp3) is 0.667. The summed E-state index contributed by atoms with van der Waals surface area (Å²) in [6.07, 6.45) is 3.68. The van der Waals surface area contributed by atoms with Gasteiger partial charge in [0.15, 0.2) is 5.82 Å². The summed E-state index contributed by atoms with van der Waals surface area (Å²) in [4.78, 5) is 34.3. The van der Waals surface area contributed by atoms with E-state index < -0.39 is 11.2 Å². The predicted molar refractivity (Wildman–Crippen MR) is 146 cm³/mol. The Morgan fingerprint density at radius 1 is 1.03 bits per heavy atom. The first-order valence-electron chi connectivity index (χ1n) is 14.2. The Labute approximate surface area is 231 Å². The molecule has 1 aromatic carbocycles. The maximum atomic E-state index is 13.4. The van der Waals surface area contributed by atoms with Gasteiger partial charge in [-0.1, -0.05) is 35.5 Å². The molecule has 9 nitrogen and oxygen atoms in total. The second-order valence-corrected chi connectivity index (χ2v) is 13.4. The van der Waals surface area contributed by atoms with Crippen LogP contribution in [0.2, 0.25) is 0 Å². The minimum absolute atomic E-state index is 0.100. The smallest absolute Gasteiger partial charge is 0.410 e. The molecule has 0 N–H and O–H groups in total. The van der Waals surface area contributed by atoms with E-state index in [4.69, 9.17) is 19.0 Å². The Hall–Kier alpha value is -3.10. The molecule has 2 heterocycles. The lowest BCUT2D eigenvalue weighted by molar-refractivity contribution is 0.0192. The Bertz CT molecular complexity index is 1170. The molecule has 9 heteroatoms. The Morgan fingerprint density at radius 3 is 2.26 bits per heavy atom. The van der Waals surface area contributed by atoms with Crippen molar-refractivity contribution in [3.05, 3.63) is 47.6 Å². The molecule has 3 aliphatic rings. The van der Waals surface area contributed by atoms with Crippen LogP contribution in [0, 0.1) is 0 Å². The number of carbonyl (C=O) groups excluding carboxylic acids is 2. The number of aromatic nitrogens is 2. The van der Waals surface area contributed by atoms with Crippen LogP contribution in [0.3, 0.4) is 0 Å². The topological polar surface area (TPSA) is 98.0 Å². The van der Waals surface area contributed by atoms with Gasteiger partial charge in [0.2, 0.25) is 5.89 Å². The molecule has 2 amide bonds. The van der Waals surface area contributed by atoms with Crippen molar-refractivity contribution in [1.29, 1.82) is 0 Å². The van der Waals surface area contributed by atoms with Crippen molar-refractivity contribution in [3.8, 4) is 0 Å². The highest BCUT2D eigenvalue weighted by Gasteiger charge is 2.55. The molecule has 2 atom stereocenters. The zero-order chi connectivity index (χ0) is 28.0. The lowest BCUT2D eigenvalue weighted by atomic mass is 9.97. The van der Waals surface area contributed by atoms with E-state index in [0.29, 0.717) is 37.3 Å². The fourth-order valence-electron chi connectivity index (χ4n) is 5.40. The van der Waals surface area contributed by atoms with Crippen LogP contribution in [0.25, 0.3) is 0 Å². The monoisotopic (exact) mass is 538 g/mol. The molecule has 0 radical (unpaired) electrons. The van der Waals surface area contributed by atoms with Crippen molar-refractivity contribution in [2.45, 2.75) is 108 Å². The second-order valence-electron chi connectivity index (χ2n) is 13.4. The van der Waals surface area contributed by atoms with Gasteiger partial charge in [-0.15, -0.1) is 0 Å². The summed E-state index contributed by atoms with van der Waals surface area (Å²) in [6.45, 7) is 13.0. The van der Waals surface area contributed by atoms with Gasteiger partial charge in [0.1, 0.15) is 11.2 Å². The van der Waals surface area contributed by atoms with Gasteiger partial charge in [-0.3, -0.25) is 0 Å². The average molecular weight is 539 g/mol. The molecule has 1 saturated heterocycles. The van der Waals surface area contributed by atoms with E-state index in [9.17, 15) is 9.59 Å². The lowest BCUT2D eigenvalue weighted by Crippen LogP contribution is -2.43. The van der Waals surface area contributed by atoms with E-state index in [-0.39, 0.29) is 29.6 Å². The predicted octanol–water partition coefficient (Wildman–Crippen LogP) is 6.01. The van der Waals surface area contributed by atoms with E-state index >= 15 is 0 Å². The highest BCUT2D eigenvalue weighted by atomic mass is 16.6. The molecule has 0 spiro atoms. The third-order valence-electron chi connectivity index (χ3n) is 7.75. The molecular weight excluding hydrogens is 496 g/mol. The Balaban J connectivity index is 1.25. The van der Waals surface area contributed by atoms with E-state index in [2.05, 4.69) is 17.3 Å². The standard InChI is InChI=1S/C30H42N4O5/c1-28(2,3)37-26(35)33-16-12-21(13-17-33)24-31-25(32-39-24)30(14-15-30)19-34(27(36)38-29(4,5)6)23-18-22(23)20-10-8-7-9-11-20/h7-11,21-23H,12-19H2,1-6H3/t22?,23-/m0/s1. The van der Waals surface area contributed by atoms with Crippen molar-refractivity contribution < 1.29 is 23.6 Å². The minimum Gasteiger partial charge on any atom is -0.444 e. The summed E-state index contributed by atoms with van der Waals surface area (Å²) >= 11 is 0. The number of hydrogen-bond acceptors (Lipinski definition) is 7. The molecule has 5 rings (SSSR count). The van der Waals surface area contributed by atoms with Crippen molar-refractivity contribution in [2.75, 3.05) is 19.6 Å². The molecule has 0 bridgehead atoms. The molecule has 1 unspecified atom stereocenters. The Kier molecular flexibility index (Phi) is 7.14. The van der Waals surface area contributed by atoms with Gasteiger partial charge < -0.3 is 23.8 Å². The molecule has 2 aliphatic carbocycles. The number of amides is 2. The quantitative estimate of drug-likeness (QED) is 0.444. The van der Waals surface area contributed by atoms with E-state index in [1.165, 1.54) is 5.56 Å². The number of piperidine rings is 1. The van der Waals surface area contributed by atoms with Crippen LogP contribution < -0.4 is 0 Å². The van der Waals surface area contributed by atoms with Gasteiger partial charge in [-0.2, -0.15) is 4.98 Å². The van der Waals surface area contributed by atoms with Gasteiger partial charge >= 0.3 is 12.2 Å². The zero-order valence-electron chi connectivity index (χ0n) is 24.1. The summed E-state index contributed by atoms with van der Waals surface area (Å²) in [5.41, 5.74) is -0.139. The Morgan fingerprint density at radius 2 is 1.67 bits per heavy atom. The first-order valence-corrected chi connectivity index (χ1v) is 14.2. The number of ether oxygens (including phenoxy) is 2. The number of hydrogen-bond donors (Lipinski definition) is 0. The maximum Gasteiger partial charge on any atom is 0.410 e. The van der Waals surface area contributed by atoms with Crippen LogP contribution in [0.4, 0.5) is 9.59 Å². The zero-order valence-corrected chi connectivity index (χ0v) is 24.1. The molecule has 3 fully saturated rings. The maximum absolute atomic E-state index is 13.4. The van der Waals surface area contributed by atoms with Crippen LogP contribution in [0.5, 0.6) is 0 Å². The third-order valence-corrected chi connectivity index (χ3v) is 7.75. The summed E-state index contributed by atoms with van der Waals surface area (Å²) in [5, 5.41) is 4.40. The van der Waals surface area contributed by atoms with Gasteiger partial charge in [0.05, 0.1) is 5.41 Å². The number of nitrogens with zero attached hydrogens (tertiary/aromatic N) is 4. The largest absolute Gasteiger partial charge is 0.444 e. The first-order chi connectivity index (χ1) is 18.3. The molecule has 2 aromatic rings. The molecular formula is C30H42N4O5. The molecule has 1 aliphatic heterocycles. The van der Waals surface area contributed by atoms with Crippen molar-refractivity contribution >= 4 is 12.2 Å². The third kappa shape index (κ3) is 6.56. The molecule has 212 valence electrons. The average Bonchev–Trinajstić information content (AvgIpc) is 3.77. The van der Waals surface area contributed by atoms with Crippen molar-refractivity contribution in [2.24, 2.45) is 0 Å². The van der Waals surface area contributed by atoms with E-state index in [1.807, 2.05) is 64.6 Å². The number of benzene rings is 1. The summed E-state index contributed by atoms with van der Waals surface area (Å²) < 4.78 is 17.1. The van der Waals surface area contributed by atoms with Gasteiger partial charge in [0.25, 0.3) is 0 Å². The van der Waals surface area contributed by atoms with Gasteiger partial charge in [-0.25, -0.2) is 9.59 Å². The fourth-order valence-corrected chi connectivity index (χ4v) is 5.40. The summed E-state index contributed by atoms with van der Waals surface area (Å²) in [7, 11) is 0. The van der Waals surface area contributed by atoms with Crippen LogP contribution in [-0.4, -0.2) is 69.0 Å². The van der Waals surface area contributed by atoms with Gasteiger partial charge in [-0.05, 0) is 79.2 Å². The van der Waals surface area contributed by atoms with Crippen molar-refractivity contribution in [3.63, 3.8) is 0 Å². The minimum atomic E-state index is -0.573. The van der Waals surface area contributed by atoms with Gasteiger partial charge in [0, 0.05) is 37.5 Å². The highest BCUT2D eigenvalue weighted by molar-refractivity contribution is 5.70. The number of likely N-dealkylation sites (tertiary alicyclic amines) is 1. The lowest BCUT2D eigenvalue weighted by Gasteiger charge is -2.32. The van der Waals surface area contributed by atoms with Crippen LogP contribution in [0.1, 0.15) is 103 Å². The summed E-state index contributed by atoms with van der Waals surface area (Å²) in [5.74, 6) is 1.72.